The van der Waals surface area contributed by atoms with Gasteiger partial charge in [0.1, 0.15) is 11.6 Å². The molecule has 0 amide bonds. The fourth-order valence-electron chi connectivity index (χ4n) is 1.87. The topological polar surface area (TPSA) is 37.4 Å². The van der Waals surface area contributed by atoms with Gasteiger partial charge in [0, 0.05) is 37.9 Å². The van der Waals surface area contributed by atoms with Gasteiger partial charge in [-0.15, -0.1) is 0 Å². The Morgan fingerprint density at radius 1 is 1.60 bits per heavy atom. The molecular weight excluding hydrogens is 190 g/mol. The third-order valence-electron chi connectivity index (χ3n) is 2.75. The largest absolute Gasteiger partial charge is 0.497 e. The quantitative estimate of drug-likeness (QED) is 0.781. The fourth-order valence-corrected chi connectivity index (χ4v) is 1.87. The standard InChI is InChI=1S/C11H17N3O/c1-9-8-12-5-6-14(9)11-7-10(15-2)3-4-13-11/h3-4,7,9,12H,5-6,8H2,1-2H3/t9-/m1/s1. The first-order chi connectivity index (χ1) is 7.31. The van der Waals surface area contributed by atoms with E-state index in [1.165, 1.54) is 0 Å². The molecule has 0 aromatic carbocycles. The molecule has 0 radical (unpaired) electrons. The SMILES string of the molecule is COc1ccnc(N2CCNC[C@H]2C)c1. The summed E-state index contributed by atoms with van der Waals surface area (Å²) in [6.45, 7) is 5.23. The van der Waals surface area contributed by atoms with Crippen LogP contribution in [0.5, 0.6) is 5.75 Å². The average molecular weight is 207 g/mol. The van der Waals surface area contributed by atoms with Crippen molar-refractivity contribution < 1.29 is 4.74 Å². The summed E-state index contributed by atoms with van der Waals surface area (Å²) in [5, 5.41) is 3.36. The molecule has 82 valence electrons. The number of hydrogen-bond donors (Lipinski definition) is 1. The third kappa shape index (κ3) is 2.21. The highest BCUT2D eigenvalue weighted by Gasteiger charge is 2.19. The van der Waals surface area contributed by atoms with Crippen molar-refractivity contribution in [1.82, 2.24) is 10.3 Å². The van der Waals surface area contributed by atoms with Crippen LogP contribution < -0.4 is 15.0 Å². The van der Waals surface area contributed by atoms with E-state index in [0.717, 1.165) is 31.2 Å². The van der Waals surface area contributed by atoms with Gasteiger partial charge in [0.25, 0.3) is 0 Å². The van der Waals surface area contributed by atoms with Crippen molar-refractivity contribution in [1.29, 1.82) is 0 Å². The monoisotopic (exact) mass is 207 g/mol. The summed E-state index contributed by atoms with van der Waals surface area (Å²) in [6, 6.07) is 4.34. The summed E-state index contributed by atoms with van der Waals surface area (Å²) in [5.41, 5.74) is 0. The van der Waals surface area contributed by atoms with Crippen molar-refractivity contribution in [3.8, 4) is 5.75 Å². The number of piperazine rings is 1. The van der Waals surface area contributed by atoms with Crippen LogP contribution >= 0.6 is 0 Å². The van der Waals surface area contributed by atoms with Gasteiger partial charge in [0.2, 0.25) is 0 Å². The zero-order chi connectivity index (χ0) is 10.7. The minimum atomic E-state index is 0.485. The summed E-state index contributed by atoms with van der Waals surface area (Å²) in [4.78, 5) is 6.68. The van der Waals surface area contributed by atoms with Crippen LogP contribution in [-0.4, -0.2) is 37.8 Å². The van der Waals surface area contributed by atoms with E-state index in [4.69, 9.17) is 4.74 Å². The lowest BCUT2D eigenvalue weighted by atomic mass is 10.2. The molecule has 0 aliphatic carbocycles. The van der Waals surface area contributed by atoms with Crippen LogP contribution in [-0.2, 0) is 0 Å². The van der Waals surface area contributed by atoms with E-state index in [-0.39, 0.29) is 0 Å². The Balaban J connectivity index is 2.19. The number of pyridine rings is 1. The lowest BCUT2D eigenvalue weighted by Crippen LogP contribution is -2.50. The normalized spacial score (nSPS) is 21.5. The fraction of sp³-hybridized carbons (Fsp3) is 0.545. The van der Waals surface area contributed by atoms with Gasteiger partial charge in [-0.1, -0.05) is 0 Å². The minimum absolute atomic E-state index is 0.485. The van der Waals surface area contributed by atoms with E-state index in [9.17, 15) is 0 Å². The Bertz CT molecular complexity index is 329. The van der Waals surface area contributed by atoms with Crippen LogP contribution in [0.25, 0.3) is 0 Å². The maximum atomic E-state index is 5.20. The summed E-state index contributed by atoms with van der Waals surface area (Å²) in [6.07, 6.45) is 1.79. The Kier molecular flexibility index (Phi) is 3.06. The number of methoxy groups -OCH3 is 1. The molecule has 0 spiro atoms. The highest BCUT2D eigenvalue weighted by Crippen LogP contribution is 2.20. The zero-order valence-corrected chi connectivity index (χ0v) is 9.23. The lowest BCUT2D eigenvalue weighted by molar-refractivity contribution is 0.413. The van der Waals surface area contributed by atoms with Crippen molar-refractivity contribution in [2.75, 3.05) is 31.6 Å². The van der Waals surface area contributed by atoms with Crippen LogP contribution in [0.4, 0.5) is 5.82 Å². The predicted octanol–water partition coefficient (Wildman–Crippen LogP) is 0.888. The van der Waals surface area contributed by atoms with Crippen LogP contribution in [0.3, 0.4) is 0 Å². The summed E-state index contributed by atoms with van der Waals surface area (Å²) in [5.74, 6) is 1.87. The number of aromatic nitrogens is 1. The molecule has 2 heterocycles. The second-order valence-corrected chi connectivity index (χ2v) is 3.80. The smallest absolute Gasteiger partial charge is 0.132 e. The average Bonchev–Trinajstić information content (AvgIpc) is 2.30. The molecule has 1 saturated heterocycles. The van der Waals surface area contributed by atoms with Gasteiger partial charge in [-0.2, -0.15) is 0 Å². The van der Waals surface area contributed by atoms with E-state index in [1.807, 2.05) is 12.1 Å². The third-order valence-corrected chi connectivity index (χ3v) is 2.75. The Morgan fingerprint density at radius 2 is 2.47 bits per heavy atom. The molecule has 4 heteroatoms. The molecule has 1 fully saturated rings. The summed E-state index contributed by atoms with van der Waals surface area (Å²) < 4.78 is 5.20. The molecule has 0 saturated carbocycles. The van der Waals surface area contributed by atoms with Crippen LogP contribution in [0.1, 0.15) is 6.92 Å². The lowest BCUT2D eigenvalue weighted by Gasteiger charge is -2.34. The molecule has 4 nitrogen and oxygen atoms in total. The van der Waals surface area contributed by atoms with Gasteiger partial charge >= 0.3 is 0 Å². The van der Waals surface area contributed by atoms with E-state index >= 15 is 0 Å². The molecule has 15 heavy (non-hydrogen) atoms. The number of nitrogens with zero attached hydrogens (tertiary/aromatic N) is 2. The first kappa shape index (κ1) is 10.2. The molecule has 0 bridgehead atoms. The van der Waals surface area contributed by atoms with E-state index in [1.54, 1.807) is 13.3 Å². The van der Waals surface area contributed by atoms with Crippen molar-refractivity contribution in [3.63, 3.8) is 0 Å². The Labute approximate surface area is 90.3 Å². The van der Waals surface area contributed by atoms with E-state index < -0.39 is 0 Å². The first-order valence-electron chi connectivity index (χ1n) is 5.28. The molecule has 1 N–H and O–H groups in total. The van der Waals surface area contributed by atoms with Crippen molar-refractivity contribution in [2.45, 2.75) is 13.0 Å². The van der Waals surface area contributed by atoms with Crippen LogP contribution in [0.15, 0.2) is 18.3 Å². The molecule has 1 aliphatic rings. The number of ether oxygens (including phenoxy) is 1. The number of hydrogen-bond acceptors (Lipinski definition) is 4. The van der Waals surface area contributed by atoms with Crippen LogP contribution in [0.2, 0.25) is 0 Å². The van der Waals surface area contributed by atoms with Gasteiger partial charge in [-0.05, 0) is 13.0 Å². The summed E-state index contributed by atoms with van der Waals surface area (Å²) in [7, 11) is 1.68. The second-order valence-electron chi connectivity index (χ2n) is 3.80. The van der Waals surface area contributed by atoms with Gasteiger partial charge in [-0.3, -0.25) is 0 Å². The molecule has 1 aromatic heterocycles. The Hall–Kier alpha value is -1.29. The van der Waals surface area contributed by atoms with Crippen molar-refractivity contribution >= 4 is 5.82 Å². The molecule has 2 rings (SSSR count). The molecule has 1 atom stereocenters. The second kappa shape index (κ2) is 4.49. The maximum absolute atomic E-state index is 5.20. The van der Waals surface area contributed by atoms with Gasteiger partial charge < -0.3 is 15.0 Å². The molecule has 1 aliphatic heterocycles. The maximum Gasteiger partial charge on any atom is 0.132 e. The van der Waals surface area contributed by atoms with E-state index in [2.05, 4.69) is 22.1 Å². The van der Waals surface area contributed by atoms with Crippen LogP contribution in [0, 0.1) is 0 Å². The number of rotatable bonds is 2. The van der Waals surface area contributed by atoms with Gasteiger partial charge in [-0.25, -0.2) is 4.98 Å². The molecule has 1 aromatic rings. The zero-order valence-electron chi connectivity index (χ0n) is 9.23. The number of nitrogens with one attached hydrogen (secondary N) is 1. The van der Waals surface area contributed by atoms with Crippen molar-refractivity contribution in [2.24, 2.45) is 0 Å². The predicted molar refractivity (Wildman–Crippen MR) is 60.5 cm³/mol. The highest BCUT2D eigenvalue weighted by atomic mass is 16.5. The molecule has 0 unspecified atom stereocenters. The first-order valence-corrected chi connectivity index (χ1v) is 5.28. The van der Waals surface area contributed by atoms with Crippen molar-refractivity contribution in [3.05, 3.63) is 18.3 Å². The highest BCUT2D eigenvalue weighted by molar-refractivity contribution is 5.45. The van der Waals surface area contributed by atoms with E-state index in [0.29, 0.717) is 6.04 Å². The van der Waals surface area contributed by atoms with Gasteiger partial charge in [0.15, 0.2) is 0 Å². The Morgan fingerprint density at radius 3 is 3.20 bits per heavy atom. The van der Waals surface area contributed by atoms with Gasteiger partial charge in [0.05, 0.1) is 7.11 Å². The minimum Gasteiger partial charge on any atom is -0.497 e. The summed E-state index contributed by atoms with van der Waals surface area (Å²) >= 11 is 0. The number of anilines is 1. The molecular formula is C11H17N3O.